The van der Waals surface area contributed by atoms with Crippen LogP contribution in [-0.4, -0.2) is 45.6 Å². The van der Waals surface area contributed by atoms with E-state index in [2.05, 4.69) is 0 Å². The molecule has 0 radical (unpaired) electrons. The molecule has 0 spiro atoms. The number of fused-ring (bicyclic) bond motifs is 4. The Morgan fingerprint density at radius 3 is 2.08 bits per heavy atom. The standard InChI is InChI=1S/C34H22Cl3F5N2O6/c1-12-3-5-14(10-18(12)35)43-29(46)16-7-6-15-17(21(16)30(43)47)11-33(36)31(48)44(28-26(41)24(39)23(38)25(40)27(28)42)32(49)34(33,37)22(15)13-4-8-20(50-2)19(45)9-13/h3-6,8-10,16-17,21-22,45H,7,11H2,1-2H3. The SMILES string of the molecule is COc1ccc(C2C3=CCC4C(=O)N(c5ccc(C)c(Cl)c5)C(=O)C4C3CC3(Cl)C(=O)N(c4c(F)c(F)c(F)c(F)c4F)C(=O)C23Cl)cc1O. The van der Waals surface area contributed by atoms with E-state index in [-0.39, 0.29) is 38.9 Å². The van der Waals surface area contributed by atoms with Crippen molar-refractivity contribution >= 4 is 69.8 Å². The normalized spacial score (nSPS) is 28.9. The topological polar surface area (TPSA) is 104 Å². The second kappa shape index (κ2) is 11.4. The van der Waals surface area contributed by atoms with Gasteiger partial charge >= 0.3 is 0 Å². The van der Waals surface area contributed by atoms with Crippen molar-refractivity contribution in [3.05, 3.63) is 93.3 Å². The van der Waals surface area contributed by atoms with Crippen molar-refractivity contribution < 1.29 is 51.0 Å². The van der Waals surface area contributed by atoms with Gasteiger partial charge in [0.15, 0.2) is 44.5 Å². The molecule has 16 heteroatoms. The number of allylic oxidation sites excluding steroid dienone is 2. The van der Waals surface area contributed by atoms with Gasteiger partial charge in [-0.3, -0.25) is 19.2 Å². The number of ether oxygens (including phenoxy) is 1. The molecule has 7 rings (SSSR count). The molecule has 2 aliphatic carbocycles. The lowest BCUT2D eigenvalue weighted by molar-refractivity contribution is -0.125. The van der Waals surface area contributed by atoms with Crippen LogP contribution in [0.5, 0.6) is 11.5 Å². The first-order valence-electron chi connectivity index (χ1n) is 15.0. The van der Waals surface area contributed by atoms with Crippen LogP contribution in [0.4, 0.5) is 33.3 Å². The molecule has 260 valence electrons. The predicted octanol–water partition coefficient (Wildman–Crippen LogP) is 6.83. The van der Waals surface area contributed by atoms with E-state index in [0.29, 0.717) is 5.56 Å². The molecule has 2 heterocycles. The van der Waals surface area contributed by atoms with Crippen LogP contribution in [0, 0.1) is 53.8 Å². The molecule has 2 aliphatic heterocycles. The molecule has 4 aliphatic rings. The van der Waals surface area contributed by atoms with Gasteiger partial charge in [-0.1, -0.05) is 35.4 Å². The van der Waals surface area contributed by atoms with Gasteiger partial charge in [0, 0.05) is 10.9 Å². The third kappa shape index (κ3) is 4.29. The highest BCUT2D eigenvalue weighted by Gasteiger charge is 2.77. The van der Waals surface area contributed by atoms with Crippen molar-refractivity contribution in [2.45, 2.75) is 35.4 Å². The highest BCUT2D eigenvalue weighted by Crippen LogP contribution is 2.66. The van der Waals surface area contributed by atoms with E-state index in [1.807, 2.05) is 0 Å². The number of aromatic hydroxyl groups is 1. The second-order valence-electron chi connectivity index (χ2n) is 12.6. The van der Waals surface area contributed by atoms with Crippen molar-refractivity contribution in [2.24, 2.45) is 17.8 Å². The smallest absolute Gasteiger partial charge is 0.258 e. The average Bonchev–Trinajstić information content (AvgIpc) is 3.42. The van der Waals surface area contributed by atoms with E-state index in [9.17, 15) is 37.5 Å². The number of hydrogen-bond donors (Lipinski definition) is 1. The average molecular weight is 756 g/mol. The fourth-order valence-electron chi connectivity index (χ4n) is 7.80. The molecular formula is C34H22Cl3F5N2O6. The molecule has 4 amide bonds. The number of alkyl halides is 2. The number of methoxy groups -OCH3 is 1. The lowest BCUT2D eigenvalue weighted by Crippen LogP contribution is -2.60. The van der Waals surface area contributed by atoms with E-state index >= 15 is 8.78 Å². The van der Waals surface area contributed by atoms with Crippen molar-refractivity contribution in [3.8, 4) is 11.5 Å². The third-order valence-corrected chi connectivity index (χ3v) is 12.0. The highest BCUT2D eigenvalue weighted by molar-refractivity contribution is 6.58. The van der Waals surface area contributed by atoms with E-state index in [1.54, 1.807) is 19.1 Å². The van der Waals surface area contributed by atoms with Crippen molar-refractivity contribution in [1.29, 1.82) is 0 Å². The Hall–Kier alpha value is -4.20. The summed E-state index contributed by atoms with van der Waals surface area (Å²) in [6, 6.07) is 8.38. The Bertz CT molecular complexity index is 2100. The summed E-state index contributed by atoms with van der Waals surface area (Å²) in [5.74, 6) is -22.2. The first-order valence-corrected chi connectivity index (χ1v) is 16.1. The fourth-order valence-corrected chi connectivity index (χ4v) is 8.91. The van der Waals surface area contributed by atoms with Crippen LogP contribution in [0.15, 0.2) is 48.0 Å². The second-order valence-corrected chi connectivity index (χ2v) is 14.2. The van der Waals surface area contributed by atoms with Gasteiger partial charge in [0.25, 0.3) is 11.8 Å². The van der Waals surface area contributed by atoms with Crippen molar-refractivity contribution in [2.75, 3.05) is 16.9 Å². The highest BCUT2D eigenvalue weighted by atomic mass is 35.5. The molecule has 3 aromatic carbocycles. The molecule has 0 bridgehead atoms. The number of aryl methyl sites for hydroxylation is 1. The number of carbonyl (C=O) groups is 4. The summed E-state index contributed by atoms with van der Waals surface area (Å²) in [6.45, 7) is 1.73. The molecule has 6 atom stereocenters. The number of imide groups is 2. The van der Waals surface area contributed by atoms with Gasteiger partial charge in [-0.2, -0.15) is 0 Å². The molecule has 3 aromatic rings. The Balaban J connectivity index is 1.43. The third-order valence-electron chi connectivity index (χ3n) is 10.2. The monoisotopic (exact) mass is 754 g/mol. The minimum absolute atomic E-state index is 0.0135. The lowest BCUT2D eigenvalue weighted by atomic mass is 9.56. The summed E-state index contributed by atoms with van der Waals surface area (Å²) in [6.07, 6.45) is 0.831. The zero-order valence-electron chi connectivity index (χ0n) is 25.7. The van der Waals surface area contributed by atoms with Gasteiger partial charge in [-0.05, 0) is 61.1 Å². The molecule has 2 saturated heterocycles. The van der Waals surface area contributed by atoms with Crippen LogP contribution < -0.4 is 14.5 Å². The van der Waals surface area contributed by atoms with E-state index < -0.39 is 104 Å². The Morgan fingerprint density at radius 1 is 0.840 bits per heavy atom. The number of phenols is 1. The maximum absolute atomic E-state index is 15.2. The molecule has 0 aromatic heterocycles. The number of halogens is 8. The Labute approximate surface area is 294 Å². The van der Waals surface area contributed by atoms with Crippen LogP contribution in [0.1, 0.15) is 29.9 Å². The first kappa shape index (κ1) is 34.3. The van der Waals surface area contributed by atoms with E-state index in [4.69, 9.17) is 39.5 Å². The summed E-state index contributed by atoms with van der Waals surface area (Å²) >= 11 is 20.5. The van der Waals surface area contributed by atoms with Crippen molar-refractivity contribution in [1.82, 2.24) is 0 Å². The maximum Gasteiger partial charge on any atom is 0.258 e. The minimum Gasteiger partial charge on any atom is -0.504 e. The molecule has 3 fully saturated rings. The molecule has 50 heavy (non-hydrogen) atoms. The van der Waals surface area contributed by atoms with Crippen molar-refractivity contribution in [3.63, 3.8) is 0 Å². The van der Waals surface area contributed by atoms with Crippen LogP contribution in [-0.2, 0) is 19.2 Å². The molecular weight excluding hydrogens is 734 g/mol. The van der Waals surface area contributed by atoms with Gasteiger partial charge < -0.3 is 9.84 Å². The zero-order chi connectivity index (χ0) is 36.4. The van der Waals surface area contributed by atoms with Gasteiger partial charge in [0.2, 0.25) is 17.6 Å². The van der Waals surface area contributed by atoms with Gasteiger partial charge in [0.1, 0.15) is 5.69 Å². The molecule has 1 N–H and O–H groups in total. The summed E-state index contributed by atoms with van der Waals surface area (Å²) in [5.41, 5.74) is -0.772. The number of carbonyl (C=O) groups excluding carboxylic acids is 4. The molecule has 8 nitrogen and oxygen atoms in total. The number of nitrogens with zero attached hydrogens (tertiary/aromatic N) is 2. The quantitative estimate of drug-likeness (QED) is 0.0783. The van der Waals surface area contributed by atoms with Crippen LogP contribution >= 0.6 is 34.8 Å². The number of rotatable bonds is 4. The summed E-state index contributed by atoms with van der Waals surface area (Å²) in [5, 5.41) is 11.0. The summed E-state index contributed by atoms with van der Waals surface area (Å²) < 4.78 is 78.4. The van der Waals surface area contributed by atoms with Gasteiger partial charge in [-0.25, -0.2) is 31.8 Å². The number of amides is 4. The number of anilines is 2. The van der Waals surface area contributed by atoms with Crippen LogP contribution in [0.3, 0.4) is 0 Å². The van der Waals surface area contributed by atoms with Crippen LogP contribution in [0.2, 0.25) is 5.02 Å². The Morgan fingerprint density at radius 2 is 1.48 bits per heavy atom. The number of hydrogen-bond acceptors (Lipinski definition) is 6. The number of benzene rings is 3. The Kier molecular flexibility index (Phi) is 7.82. The summed E-state index contributed by atoms with van der Waals surface area (Å²) in [4.78, 5) is 51.9. The predicted molar refractivity (Wildman–Crippen MR) is 170 cm³/mol. The zero-order valence-corrected chi connectivity index (χ0v) is 27.9. The number of phenolic OH excluding ortho intramolecular Hbond substituents is 1. The molecule has 1 saturated carbocycles. The van der Waals surface area contributed by atoms with Gasteiger partial charge in [0.05, 0.1) is 24.6 Å². The maximum atomic E-state index is 15.2. The minimum atomic E-state index is -2.72. The lowest BCUT2D eigenvalue weighted by Gasteiger charge is -2.50. The van der Waals surface area contributed by atoms with E-state index in [0.717, 1.165) is 11.0 Å². The van der Waals surface area contributed by atoms with Crippen LogP contribution in [0.25, 0.3) is 0 Å². The van der Waals surface area contributed by atoms with Gasteiger partial charge in [-0.15, -0.1) is 23.2 Å². The summed E-state index contributed by atoms with van der Waals surface area (Å²) in [7, 11) is 1.26. The first-order chi connectivity index (χ1) is 23.5. The van der Waals surface area contributed by atoms with E-state index in [1.165, 1.54) is 31.4 Å². The molecule has 6 unspecified atom stereocenters. The largest absolute Gasteiger partial charge is 0.504 e. The fraction of sp³-hybridized carbons (Fsp3) is 0.294.